The van der Waals surface area contributed by atoms with Crippen molar-refractivity contribution in [2.75, 3.05) is 4.90 Å². The number of nitrogens with zero attached hydrogens (tertiary/aromatic N) is 3. The zero-order chi connectivity index (χ0) is 26.3. The molecule has 6 nitrogen and oxygen atoms in total. The lowest BCUT2D eigenvalue weighted by molar-refractivity contribution is -0.122. The molecule has 0 atom stereocenters. The number of hydrogen-bond acceptors (Lipinski definition) is 5. The molecular weight excluding hydrogens is 535 g/mol. The molecule has 3 aromatic rings. The number of aromatic nitrogens is 1. The Morgan fingerprint density at radius 1 is 1.17 bits per heavy atom. The molecule has 0 aliphatic carbocycles. The number of amides is 2. The summed E-state index contributed by atoms with van der Waals surface area (Å²) in [4.78, 5) is 28.6. The minimum atomic E-state index is -0.582. The number of thiocarbonyl (C=S) groups is 1. The first-order chi connectivity index (χ1) is 17.1. The maximum absolute atomic E-state index is 13.4. The fourth-order valence-electron chi connectivity index (χ4n) is 4.22. The lowest BCUT2D eigenvalue weighted by Gasteiger charge is -2.29. The van der Waals surface area contributed by atoms with Gasteiger partial charge in [-0.3, -0.25) is 19.8 Å². The van der Waals surface area contributed by atoms with Gasteiger partial charge in [-0.1, -0.05) is 36.5 Å². The van der Waals surface area contributed by atoms with E-state index in [1.54, 1.807) is 29.5 Å². The normalized spacial score (nSPS) is 15.0. The summed E-state index contributed by atoms with van der Waals surface area (Å²) in [5.74, 6) is -1.15. The van der Waals surface area contributed by atoms with Crippen LogP contribution in [0.5, 0.6) is 0 Å². The molecule has 3 heterocycles. The van der Waals surface area contributed by atoms with Gasteiger partial charge in [0, 0.05) is 16.3 Å². The SMILES string of the molecule is CCCc1sc(-n2c(C)cc(/C=C3\C(=O)NC(=S)N(c4ccc(Cl)c(Cl)c4)C3=O)c2C)c(C#N)c1C. The average molecular weight is 558 g/mol. The van der Waals surface area contributed by atoms with E-state index in [1.807, 2.05) is 31.4 Å². The molecule has 1 fully saturated rings. The number of anilines is 1. The van der Waals surface area contributed by atoms with E-state index in [2.05, 4.69) is 18.3 Å². The number of halogens is 2. The lowest BCUT2D eigenvalue weighted by atomic mass is 10.1. The van der Waals surface area contributed by atoms with Gasteiger partial charge in [0.05, 0.1) is 21.3 Å². The van der Waals surface area contributed by atoms with Crippen molar-refractivity contribution in [1.29, 1.82) is 5.26 Å². The van der Waals surface area contributed by atoms with Crippen molar-refractivity contribution >= 4 is 75.4 Å². The van der Waals surface area contributed by atoms with E-state index >= 15 is 0 Å². The summed E-state index contributed by atoms with van der Waals surface area (Å²) in [7, 11) is 0. The smallest absolute Gasteiger partial charge is 0.270 e. The number of carbonyl (C=O) groups excluding carboxylic acids is 2. The Labute approximate surface area is 228 Å². The second-order valence-corrected chi connectivity index (χ2v) is 10.7. The molecule has 0 unspecified atom stereocenters. The maximum atomic E-state index is 13.4. The van der Waals surface area contributed by atoms with E-state index in [0.717, 1.165) is 34.8 Å². The number of carbonyl (C=O) groups is 2. The second kappa shape index (κ2) is 10.2. The molecule has 1 N–H and O–H groups in total. The number of thiophene rings is 1. The van der Waals surface area contributed by atoms with Crippen molar-refractivity contribution in [3.8, 4) is 11.1 Å². The predicted molar refractivity (Wildman–Crippen MR) is 149 cm³/mol. The van der Waals surface area contributed by atoms with Crippen LogP contribution in [0.1, 0.15) is 46.3 Å². The molecule has 1 aliphatic rings. The summed E-state index contributed by atoms with van der Waals surface area (Å²) in [6, 6.07) is 8.94. The summed E-state index contributed by atoms with van der Waals surface area (Å²) in [5.41, 5.74) is 4.37. The molecule has 10 heteroatoms. The van der Waals surface area contributed by atoms with Gasteiger partial charge in [-0.25, -0.2) is 0 Å². The lowest BCUT2D eigenvalue weighted by Crippen LogP contribution is -2.54. The topological polar surface area (TPSA) is 78.1 Å². The monoisotopic (exact) mass is 556 g/mol. The number of nitrogens with one attached hydrogen (secondary N) is 1. The third-order valence-corrected chi connectivity index (χ3v) is 8.41. The molecular formula is C26H22Cl2N4O2S2. The number of aryl methyl sites for hydroxylation is 2. The highest BCUT2D eigenvalue weighted by Gasteiger charge is 2.35. The van der Waals surface area contributed by atoms with Crippen LogP contribution in [-0.4, -0.2) is 21.5 Å². The largest absolute Gasteiger partial charge is 0.308 e. The Morgan fingerprint density at radius 2 is 1.89 bits per heavy atom. The van der Waals surface area contributed by atoms with E-state index in [-0.39, 0.29) is 15.7 Å². The van der Waals surface area contributed by atoms with Crippen LogP contribution in [0.2, 0.25) is 10.0 Å². The van der Waals surface area contributed by atoms with Gasteiger partial charge in [-0.05, 0) is 80.9 Å². The highest BCUT2D eigenvalue weighted by molar-refractivity contribution is 7.80. The third kappa shape index (κ3) is 4.48. The van der Waals surface area contributed by atoms with Crippen LogP contribution >= 0.6 is 46.8 Å². The van der Waals surface area contributed by atoms with E-state index in [9.17, 15) is 14.9 Å². The molecule has 4 rings (SSSR count). The van der Waals surface area contributed by atoms with Crippen molar-refractivity contribution in [3.63, 3.8) is 0 Å². The fraction of sp³-hybridized carbons (Fsp3) is 0.231. The van der Waals surface area contributed by atoms with Gasteiger partial charge >= 0.3 is 0 Å². The van der Waals surface area contributed by atoms with Gasteiger partial charge in [0.25, 0.3) is 11.8 Å². The number of benzene rings is 1. The first kappa shape index (κ1) is 26.1. The predicted octanol–water partition coefficient (Wildman–Crippen LogP) is 6.43. The zero-order valence-corrected chi connectivity index (χ0v) is 23.2. The zero-order valence-electron chi connectivity index (χ0n) is 20.0. The van der Waals surface area contributed by atoms with E-state index in [0.29, 0.717) is 21.8 Å². The third-order valence-electron chi connectivity index (χ3n) is 6.05. The minimum Gasteiger partial charge on any atom is -0.308 e. The van der Waals surface area contributed by atoms with Crippen molar-refractivity contribution in [2.45, 2.75) is 40.5 Å². The summed E-state index contributed by atoms with van der Waals surface area (Å²) >= 11 is 19.0. The second-order valence-electron chi connectivity index (χ2n) is 8.41. The van der Waals surface area contributed by atoms with E-state index in [4.69, 9.17) is 35.4 Å². The molecule has 36 heavy (non-hydrogen) atoms. The molecule has 0 spiro atoms. The Morgan fingerprint density at radius 3 is 2.53 bits per heavy atom. The van der Waals surface area contributed by atoms with Crippen LogP contribution in [-0.2, 0) is 16.0 Å². The number of nitriles is 1. The molecule has 1 aromatic carbocycles. The van der Waals surface area contributed by atoms with Gasteiger partial charge in [-0.15, -0.1) is 11.3 Å². The van der Waals surface area contributed by atoms with Crippen LogP contribution in [0.3, 0.4) is 0 Å². The fourth-order valence-corrected chi connectivity index (χ4v) is 6.26. The molecule has 2 amide bonds. The van der Waals surface area contributed by atoms with Crippen LogP contribution in [0.25, 0.3) is 11.1 Å². The van der Waals surface area contributed by atoms with Gasteiger partial charge in [-0.2, -0.15) is 5.26 Å². The molecule has 0 radical (unpaired) electrons. The Kier molecular flexibility index (Phi) is 7.39. The first-order valence-corrected chi connectivity index (χ1v) is 13.1. The summed E-state index contributed by atoms with van der Waals surface area (Å²) in [6.45, 7) is 7.93. The van der Waals surface area contributed by atoms with Gasteiger partial charge in [0.15, 0.2) is 5.11 Å². The highest BCUT2D eigenvalue weighted by atomic mass is 35.5. The van der Waals surface area contributed by atoms with Crippen LogP contribution in [0.15, 0.2) is 29.8 Å². The molecule has 0 bridgehead atoms. The Hall–Kier alpha value is -2.96. The van der Waals surface area contributed by atoms with Crippen LogP contribution in [0.4, 0.5) is 5.69 Å². The molecule has 184 valence electrons. The highest BCUT2D eigenvalue weighted by Crippen LogP contribution is 2.36. The van der Waals surface area contributed by atoms with Gasteiger partial charge in [0.2, 0.25) is 0 Å². The molecule has 0 saturated carbocycles. The van der Waals surface area contributed by atoms with Crippen molar-refractivity contribution < 1.29 is 9.59 Å². The summed E-state index contributed by atoms with van der Waals surface area (Å²) in [5, 5.41) is 13.8. The van der Waals surface area contributed by atoms with Crippen molar-refractivity contribution in [3.05, 3.63) is 72.8 Å². The van der Waals surface area contributed by atoms with E-state index in [1.165, 1.54) is 15.8 Å². The maximum Gasteiger partial charge on any atom is 0.270 e. The molecule has 2 aromatic heterocycles. The number of hydrogen-bond donors (Lipinski definition) is 1. The summed E-state index contributed by atoms with van der Waals surface area (Å²) in [6.07, 6.45) is 3.45. The van der Waals surface area contributed by atoms with Crippen LogP contribution < -0.4 is 10.2 Å². The number of rotatable bonds is 5. The molecule has 1 aliphatic heterocycles. The summed E-state index contributed by atoms with van der Waals surface area (Å²) < 4.78 is 2.01. The van der Waals surface area contributed by atoms with Crippen molar-refractivity contribution in [1.82, 2.24) is 9.88 Å². The minimum absolute atomic E-state index is 0.0396. The van der Waals surface area contributed by atoms with Gasteiger partial charge < -0.3 is 4.57 Å². The van der Waals surface area contributed by atoms with E-state index < -0.39 is 11.8 Å². The standard InChI is InChI=1S/C26H22Cl2N4O2S2/c1-5-6-22-14(3)19(12-29)25(36-22)31-13(2)9-16(15(31)4)10-18-23(33)30-26(35)32(24(18)34)17-7-8-20(27)21(28)11-17/h7-11H,5-6H2,1-4H3,(H,30,33,35)/b18-10+. The van der Waals surface area contributed by atoms with Crippen molar-refractivity contribution in [2.24, 2.45) is 0 Å². The average Bonchev–Trinajstić information content (AvgIpc) is 3.27. The quantitative estimate of drug-likeness (QED) is 0.223. The van der Waals surface area contributed by atoms with Gasteiger partial charge in [0.1, 0.15) is 16.6 Å². The Bertz CT molecular complexity index is 1510. The first-order valence-electron chi connectivity index (χ1n) is 11.2. The Balaban J connectivity index is 1.79. The van der Waals surface area contributed by atoms with Crippen LogP contribution in [0, 0.1) is 32.1 Å². The molecule has 1 saturated heterocycles.